The molecule has 7 nitrogen and oxygen atoms in total. The first-order chi connectivity index (χ1) is 14.7. The predicted octanol–water partition coefficient (Wildman–Crippen LogP) is 3.06. The topological polar surface area (TPSA) is 86.1 Å². The zero-order valence-corrected chi connectivity index (χ0v) is 17.0. The molecule has 2 aromatic carbocycles. The number of benzene rings is 2. The summed E-state index contributed by atoms with van der Waals surface area (Å²) in [5.41, 5.74) is 2.39. The number of amides is 1. The molecule has 0 aliphatic carbocycles. The van der Waals surface area contributed by atoms with E-state index in [-0.39, 0.29) is 12.5 Å². The van der Waals surface area contributed by atoms with Crippen molar-refractivity contribution in [3.8, 4) is 0 Å². The van der Waals surface area contributed by atoms with Gasteiger partial charge >= 0.3 is 5.97 Å². The summed E-state index contributed by atoms with van der Waals surface area (Å²) in [6.07, 6.45) is 4.23. The molecule has 2 heterocycles. The molecule has 30 heavy (non-hydrogen) atoms. The standard InChI is InChI=1S/C22H20N4O3S/c27-20(23-12-10-21-25-18-4-1-2-5-19(18)30-21)15-29-22(28)17-8-6-16(7-9-17)14-26-13-3-11-24-26/h1-9,11,13H,10,12,14-15H2,(H,23,27). The van der Waals surface area contributed by atoms with Gasteiger partial charge in [0.05, 0.1) is 27.3 Å². The Morgan fingerprint density at radius 2 is 1.90 bits per heavy atom. The second kappa shape index (κ2) is 9.32. The largest absolute Gasteiger partial charge is 0.452 e. The van der Waals surface area contributed by atoms with E-state index in [1.165, 1.54) is 0 Å². The van der Waals surface area contributed by atoms with Crippen molar-refractivity contribution in [2.24, 2.45) is 0 Å². The van der Waals surface area contributed by atoms with Gasteiger partial charge in [-0.15, -0.1) is 11.3 Å². The van der Waals surface area contributed by atoms with Crippen LogP contribution in [-0.2, 0) is 22.5 Å². The third kappa shape index (κ3) is 5.09. The lowest BCUT2D eigenvalue weighted by atomic mass is 10.1. The molecule has 152 valence electrons. The minimum atomic E-state index is -0.526. The predicted molar refractivity (Wildman–Crippen MR) is 114 cm³/mol. The molecule has 1 amide bonds. The van der Waals surface area contributed by atoms with Crippen LogP contribution in [0.4, 0.5) is 0 Å². The van der Waals surface area contributed by atoms with E-state index in [9.17, 15) is 9.59 Å². The van der Waals surface area contributed by atoms with E-state index >= 15 is 0 Å². The summed E-state index contributed by atoms with van der Waals surface area (Å²) in [5, 5.41) is 7.87. The van der Waals surface area contributed by atoms with Gasteiger partial charge in [-0.2, -0.15) is 5.10 Å². The summed E-state index contributed by atoms with van der Waals surface area (Å²) in [5.74, 6) is -0.860. The molecule has 0 saturated heterocycles. The molecule has 0 bridgehead atoms. The number of hydrogen-bond acceptors (Lipinski definition) is 6. The number of para-hydroxylation sites is 1. The maximum absolute atomic E-state index is 12.1. The van der Waals surface area contributed by atoms with Gasteiger partial charge in [-0.05, 0) is 35.9 Å². The van der Waals surface area contributed by atoms with Crippen LogP contribution >= 0.6 is 11.3 Å². The van der Waals surface area contributed by atoms with Gasteiger partial charge in [-0.1, -0.05) is 24.3 Å². The van der Waals surface area contributed by atoms with Crippen molar-refractivity contribution in [1.82, 2.24) is 20.1 Å². The van der Waals surface area contributed by atoms with Crippen LogP contribution in [0.15, 0.2) is 67.0 Å². The van der Waals surface area contributed by atoms with E-state index < -0.39 is 5.97 Å². The third-order valence-electron chi connectivity index (χ3n) is 4.43. The van der Waals surface area contributed by atoms with E-state index in [0.29, 0.717) is 25.1 Å². The van der Waals surface area contributed by atoms with Gasteiger partial charge in [0, 0.05) is 25.4 Å². The Morgan fingerprint density at radius 1 is 1.07 bits per heavy atom. The summed E-state index contributed by atoms with van der Waals surface area (Å²) >= 11 is 1.61. The van der Waals surface area contributed by atoms with E-state index in [0.717, 1.165) is 20.8 Å². The second-order valence-electron chi connectivity index (χ2n) is 6.65. The quantitative estimate of drug-likeness (QED) is 0.443. The number of hydrogen-bond donors (Lipinski definition) is 1. The molecule has 4 aromatic rings. The number of nitrogens with one attached hydrogen (secondary N) is 1. The Kier molecular flexibility index (Phi) is 6.14. The summed E-state index contributed by atoms with van der Waals surface area (Å²) in [6.45, 7) is 0.755. The molecule has 0 saturated carbocycles. The molecular weight excluding hydrogens is 400 g/mol. The van der Waals surface area contributed by atoms with Crippen molar-refractivity contribution in [1.29, 1.82) is 0 Å². The van der Waals surface area contributed by atoms with Crippen LogP contribution in [-0.4, -0.2) is 39.8 Å². The average molecular weight is 420 g/mol. The lowest BCUT2D eigenvalue weighted by Gasteiger charge is -2.07. The van der Waals surface area contributed by atoms with Crippen LogP contribution in [0.25, 0.3) is 10.2 Å². The highest BCUT2D eigenvalue weighted by Gasteiger charge is 2.11. The molecular formula is C22H20N4O3S. The van der Waals surface area contributed by atoms with Crippen LogP contribution in [0, 0.1) is 0 Å². The number of fused-ring (bicyclic) bond motifs is 1. The highest BCUT2D eigenvalue weighted by atomic mass is 32.1. The maximum atomic E-state index is 12.1. The van der Waals surface area contributed by atoms with Gasteiger partial charge < -0.3 is 10.1 Å². The van der Waals surface area contributed by atoms with Crippen LogP contribution in [0.1, 0.15) is 20.9 Å². The van der Waals surface area contributed by atoms with E-state index in [1.807, 2.05) is 48.7 Å². The fraction of sp³-hybridized carbons (Fsp3) is 0.182. The van der Waals surface area contributed by atoms with Crippen LogP contribution in [0.5, 0.6) is 0 Å². The van der Waals surface area contributed by atoms with E-state index in [2.05, 4.69) is 15.4 Å². The highest BCUT2D eigenvalue weighted by molar-refractivity contribution is 7.18. The Balaban J connectivity index is 1.20. The Labute approximate surface area is 177 Å². The highest BCUT2D eigenvalue weighted by Crippen LogP contribution is 2.21. The minimum absolute atomic E-state index is 0.312. The van der Waals surface area contributed by atoms with E-state index in [1.54, 1.807) is 34.3 Å². The van der Waals surface area contributed by atoms with Crippen molar-refractivity contribution >= 4 is 33.4 Å². The summed E-state index contributed by atoms with van der Waals surface area (Å²) < 4.78 is 8.03. The van der Waals surface area contributed by atoms with Gasteiger partial charge in [-0.3, -0.25) is 9.48 Å². The molecule has 4 rings (SSSR count). The Hall–Kier alpha value is -3.52. The van der Waals surface area contributed by atoms with E-state index in [4.69, 9.17) is 4.74 Å². The molecule has 2 aromatic heterocycles. The first-order valence-electron chi connectivity index (χ1n) is 9.52. The van der Waals surface area contributed by atoms with Gasteiger partial charge in [-0.25, -0.2) is 9.78 Å². The van der Waals surface area contributed by atoms with Crippen molar-refractivity contribution in [2.45, 2.75) is 13.0 Å². The number of rotatable bonds is 8. The van der Waals surface area contributed by atoms with Crippen molar-refractivity contribution < 1.29 is 14.3 Å². The smallest absolute Gasteiger partial charge is 0.338 e. The summed E-state index contributed by atoms with van der Waals surface area (Å²) in [6, 6.07) is 16.8. The lowest BCUT2D eigenvalue weighted by molar-refractivity contribution is -0.124. The first-order valence-corrected chi connectivity index (χ1v) is 10.3. The Morgan fingerprint density at radius 3 is 2.67 bits per heavy atom. The van der Waals surface area contributed by atoms with Gasteiger partial charge in [0.1, 0.15) is 0 Å². The number of carbonyl (C=O) groups is 2. The zero-order chi connectivity index (χ0) is 20.8. The lowest BCUT2D eigenvalue weighted by Crippen LogP contribution is -2.30. The molecule has 0 radical (unpaired) electrons. The normalized spacial score (nSPS) is 10.8. The fourth-order valence-corrected chi connectivity index (χ4v) is 3.90. The number of aromatic nitrogens is 3. The minimum Gasteiger partial charge on any atom is -0.452 e. The van der Waals surface area contributed by atoms with Gasteiger partial charge in [0.25, 0.3) is 5.91 Å². The molecule has 0 aliphatic rings. The average Bonchev–Trinajstić information content (AvgIpc) is 3.42. The summed E-state index contributed by atoms with van der Waals surface area (Å²) in [4.78, 5) is 28.6. The molecule has 0 spiro atoms. The molecule has 0 atom stereocenters. The monoisotopic (exact) mass is 420 g/mol. The molecule has 1 N–H and O–H groups in total. The van der Waals surface area contributed by atoms with Gasteiger partial charge in [0.15, 0.2) is 6.61 Å². The molecule has 0 unspecified atom stereocenters. The fourth-order valence-electron chi connectivity index (χ4n) is 2.93. The first kappa shape index (κ1) is 19.8. The zero-order valence-electron chi connectivity index (χ0n) is 16.2. The SMILES string of the molecule is O=C(COC(=O)c1ccc(Cn2cccn2)cc1)NCCc1nc2ccccc2s1. The van der Waals surface area contributed by atoms with Crippen LogP contribution < -0.4 is 5.32 Å². The maximum Gasteiger partial charge on any atom is 0.338 e. The number of nitrogens with zero attached hydrogens (tertiary/aromatic N) is 3. The molecule has 0 aliphatic heterocycles. The summed E-state index contributed by atoms with van der Waals surface area (Å²) in [7, 11) is 0. The number of thiazole rings is 1. The number of carbonyl (C=O) groups excluding carboxylic acids is 2. The Bertz CT molecular complexity index is 1100. The molecule has 8 heteroatoms. The van der Waals surface area contributed by atoms with Crippen molar-refractivity contribution in [3.05, 3.63) is 83.1 Å². The van der Waals surface area contributed by atoms with Crippen molar-refractivity contribution in [3.63, 3.8) is 0 Å². The van der Waals surface area contributed by atoms with Crippen LogP contribution in [0.3, 0.4) is 0 Å². The second-order valence-corrected chi connectivity index (χ2v) is 7.77. The van der Waals surface area contributed by atoms with Crippen LogP contribution in [0.2, 0.25) is 0 Å². The molecule has 0 fully saturated rings. The number of ether oxygens (including phenoxy) is 1. The third-order valence-corrected chi connectivity index (χ3v) is 5.52. The number of esters is 1. The van der Waals surface area contributed by atoms with Gasteiger partial charge in [0.2, 0.25) is 0 Å². The van der Waals surface area contributed by atoms with Crippen molar-refractivity contribution in [2.75, 3.05) is 13.2 Å².